The second-order valence-electron chi connectivity index (χ2n) is 6.50. The van der Waals surface area contributed by atoms with Crippen molar-refractivity contribution in [3.05, 3.63) is 94.0 Å². The van der Waals surface area contributed by atoms with E-state index in [9.17, 15) is 9.18 Å². The fourth-order valence-electron chi connectivity index (χ4n) is 3.16. The number of hydrogen-bond acceptors (Lipinski definition) is 5. The van der Waals surface area contributed by atoms with Crippen LogP contribution in [0.3, 0.4) is 0 Å². The van der Waals surface area contributed by atoms with E-state index in [-0.39, 0.29) is 11.4 Å². The van der Waals surface area contributed by atoms with Gasteiger partial charge in [-0.05, 0) is 29.8 Å². The lowest BCUT2D eigenvalue weighted by atomic mass is 10.1. The standard InChI is InChI=1S/C21H14FN5OS/c22-15-3-1-13(2-4-15)18-11-24-27-19(28)10-16(25-20(18)27)9-17-12-29-21(26-17)14-5-7-23-8-6-14/h1-8,10-12,24H,9H2. The van der Waals surface area contributed by atoms with Gasteiger partial charge in [0.05, 0.1) is 11.4 Å². The third-order valence-corrected chi connectivity index (χ3v) is 5.49. The summed E-state index contributed by atoms with van der Waals surface area (Å²) in [6, 6.07) is 11.4. The molecule has 0 amide bonds. The minimum atomic E-state index is -0.312. The molecule has 1 aromatic carbocycles. The van der Waals surface area contributed by atoms with Crippen LogP contribution in [0, 0.1) is 5.82 Å². The van der Waals surface area contributed by atoms with Crippen LogP contribution < -0.4 is 5.56 Å². The molecule has 0 aliphatic heterocycles. The number of nitrogens with zero attached hydrogens (tertiary/aromatic N) is 4. The summed E-state index contributed by atoms with van der Waals surface area (Å²) >= 11 is 1.54. The Balaban J connectivity index is 1.51. The van der Waals surface area contributed by atoms with Crippen LogP contribution in [0.5, 0.6) is 0 Å². The van der Waals surface area contributed by atoms with E-state index in [1.54, 1.807) is 42.1 Å². The monoisotopic (exact) mass is 403 g/mol. The molecule has 0 atom stereocenters. The maximum Gasteiger partial charge on any atom is 0.272 e. The average Bonchev–Trinajstić information content (AvgIpc) is 3.37. The van der Waals surface area contributed by atoms with E-state index < -0.39 is 0 Å². The van der Waals surface area contributed by atoms with Gasteiger partial charge in [0.1, 0.15) is 10.8 Å². The number of aromatic nitrogens is 5. The highest BCUT2D eigenvalue weighted by Crippen LogP contribution is 2.25. The van der Waals surface area contributed by atoms with E-state index >= 15 is 0 Å². The SMILES string of the molecule is O=c1cc(Cc2csc(-c3ccncc3)n2)nc2c(-c3ccc(F)cc3)c[nH]n12. The van der Waals surface area contributed by atoms with Gasteiger partial charge < -0.3 is 0 Å². The van der Waals surface area contributed by atoms with Crippen LogP contribution in [0.4, 0.5) is 4.39 Å². The van der Waals surface area contributed by atoms with Gasteiger partial charge in [0.15, 0.2) is 5.65 Å². The van der Waals surface area contributed by atoms with E-state index in [1.807, 2.05) is 17.5 Å². The molecule has 0 fully saturated rings. The lowest BCUT2D eigenvalue weighted by Gasteiger charge is -2.02. The number of pyridine rings is 1. The molecule has 0 saturated heterocycles. The first-order valence-corrected chi connectivity index (χ1v) is 9.76. The predicted molar refractivity (Wildman–Crippen MR) is 109 cm³/mol. The second kappa shape index (κ2) is 7.06. The summed E-state index contributed by atoms with van der Waals surface area (Å²) in [5, 5.41) is 5.78. The molecule has 6 nitrogen and oxygen atoms in total. The highest BCUT2D eigenvalue weighted by molar-refractivity contribution is 7.13. The number of benzene rings is 1. The van der Waals surface area contributed by atoms with Gasteiger partial charge >= 0.3 is 0 Å². The van der Waals surface area contributed by atoms with E-state index in [2.05, 4.69) is 20.1 Å². The molecule has 0 saturated carbocycles. The number of rotatable bonds is 4. The Morgan fingerprint density at radius 1 is 1.00 bits per heavy atom. The van der Waals surface area contributed by atoms with Crippen molar-refractivity contribution in [2.45, 2.75) is 6.42 Å². The first kappa shape index (κ1) is 17.4. The summed E-state index contributed by atoms with van der Waals surface area (Å²) in [6.07, 6.45) is 5.61. The predicted octanol–water partition coefficient (Wildman–Crippen LogP) is 3.94. The Morgan fingerprint density at radius 3 is 2.59 bits per heavy atom. The van der Waals surface area contributed by atoms with Crippen molar-refractivity contribution in [1.29, 1.82) is 0 Å². The van der Waals surface area contributed by atoms with Crippen LogP contribution in [-0.2, 0) is 6.42 Å². The van der Waals surface area contributed by atoms with Gasteiger partial charge in [0.25, 0.3) is 5.56 Å². The molecule has 29 heavy (non-hydrogen) atoms. The van der Waals surface area contributed by atoms with Gasteiger partial charge in [0.2, 0.25) is 0 Å². The molecule has 142 valence electrons. The number of hydrogen-bond donors (Lipinski definition) is 1. The quantitative estimate of drug-likeness (QED) is 0.493. The van der Waals surface area contributed by atoms with Gasteiger partial charge in [-0.15, -0.1) is 11.3 Å². The van der Waals surface area contributed by atoms with Crippen molar-refractivity contribution in [3.8, 4) is 21.7 Å². The fourth-order valence-corrected chi connectivity index (χ4v) is 3.99. The Morgan fingerprint density at radius 2 is 1.79 bits per heavy atom. The molecule has 0 bridgehead atoms. The number of fused-ring (bicyclic) bond motifs is 1. The molecule has 0 unspecified atom stereocenters. The molecule has 1 N–H and O–H groups in total. The van der Waals surface area contributed by atoms with Crippen LogP contribution in [-0.4, -0.2) is 24.6 Å². The third kappa shape index (κ3) is 3.34. The van der Waals surface area contributed by atoms with Crippen molar-refractivity contribution >= 4 is 17.0 Å². The first-order valence-electron chi connectivity index (χ1n) is 8.88. The number of H-pyrrole nitrogens is 1. The number of halogens is 1. The normalized spacial score (nSPS) is 11.2. The van der Waals surface area contributed by atoms with Crippen LogP contribution >= 0.6 is 11.3 Å². The molecule has 0 aliphatic carbocycles. The van der Waals surface area contributed by atoms with Crippen molar-refractivity contribution < 1.29 is 4.39 Å². The number of aromatic amines is 1. The smallest absolute Gasteiger partial charge is 0.272 e. The van der Waals surface area contributed by atoms with Crippen molar-refractivity contribution in [3.63, 3.8) is 0 Å². The van der Waals surface area contributed by atoms with E-state index in [0.717, 1.165) is 27.4 Å². The summed E-state index contributed by atoms with van der Waals surface area (Å²) in [7, 11) is 0. The number of nitrogens with one attached hydrogen (secondary N) is 1. The molecule has 4 heterocycles. The van der Waals surface area contributed by atoms with Crippen LogP contribution in [0.25, 0.3) is 27.3 Å². The molecule has 0 spiro atoms. The molecular weight excluding hydrogens is 389 g/mol. The minimum absolute atomic E-state index is 0.206. The molecule has 5 aromatic rings. The lowest BCUT2D eigenvalue weighted by molar-refractivity contribution is 0.628. The maximum absolute atomic E-state index is 13.2. The summed E-state index contributed by atoms with van der Waals surface area (Å²) in [5.41, 5.74) is 4.29. The second-order valence-corrected chi connectivity index (χ2v) is 7.35. The molecular formula is C21H14FN5OS. The largest absolute Gasteiger partial charge is 0.296 e. The van der Waals surface area contributed by atoms with Crippen molar-refractivity contribution in [1.82, 2.24) is 24.6 Å². The Kier molecular flexibility index (Phi) is 4.25. The maximum atomic E-state index is 13.2. The molecule has 5 rings (SSSR count). The highest BCUT2D eigenvalue weighted by Gasteiger charge is 2.13. The van der Waals surface area contributed by atoms with E-state index in [1.165, 1.54) is 22.7 Å². The Labute approximate surface area is 168 Å². The van der Waals surface area contributed by atoms with Gasteiger partial charge in [-0.1, -0.05) is 12.1 Å². The summed E-state index contributed by atoms with van der Waals surface area (Å²) < 4.78 is 14.6. The summed E-state index contributed by atoms with van der Waals surface area (Å²) in [6.45, 7) is 0. The molecule has 4 aromatic heterocycles. The Hall–Kier alpha value is -3.65. The number of thiazole rings is 1. The van der Waals surface area contributed by atoms with Crippen molar-refractivity contribution in [2.75, 3.05) is 0 Å². The fraction of sp³-hybridized carbons (Fsp3) is 0.0476. The first-order chi connectivity index (χ1) is 14.2. The molecule has 0 aliphatic rings. The van der Waals surface area contributed by atoms with Gasteiger partial charge in [-0.25, -0.2) is 18.9 Å². The van der Waals surface area contributed by atoms with E-state index in [0.29, 0.717) is 17.8 Å². The van der Waals surface area contributed by atoms with Crippen molar-refractivity contribution in [2.24, 2.45) is 0 Å². The summed E-state index contributed by atoms with van der Waals surface area (Å²) in [4.78, 5) is 25.9. The zero-order valence-electron chi connectivity index (χ0n) is 15.0. The third-order valence-electron chi connectivity index (χ3n) is 4.55. The zero-order chi connectivity index (χ0) is 19.8. The zero-order valence-corrected chi connectivity index (χ0v) is 15.9. The van der Waals surface area contributed by atoms with Gasteiger partial charge in [-0.2, -0.15) is 0 Å². The van der Waals surface area contributed by atoms with Gasteiger partial charge in [0, 0.05) is 47.6 Å². The van der Waals surface area contributed by atoms with Crippen LogP contribution in [0.15, 0.2) is 71.2 Å². The minimum Gasteiger partial charge on any atom is -0.296 e. The Bertz CT molecular complexity index is 1360. The highest BCUT2D eigenvalue weighted by atomic mass is 32.1. The lowest BCUT2D eigenvalue weighted by Crippen LogP contribution is -2.15. The van der Waals surface area contributed by atoms with Crippen LogP contribution in [0.1, 0.15) is 11.4 Å². The average molecular weight is 403 g/mol. The van der Waals surface area contributed by atoms with Crippen LogP contribution in [0.2, 0.25) is 0 Å². The molecule has 8 heteroatoms. The van der Waals surface area contributed by atoms with Gasteiger partial charge in [-0.3, -0.25) is 14.9 Å². The van der Waals surface area contributed by atoms with E-state index in [4.69, 9.17) is 0 Å². The topological polar surface area (TPSA) is 75.9 Å². The summed E-state index contributed by atoms with van der Waals surface area (Å²) in [5.74, 6) is -0.312. The molecule has 0 radical (unpaired) electrons.